The van der Waals surface area contributed by atoms with Gasteiger partial charge in [-0.3, -0.25) is 0 Å². The van der Waals surface area contributed by atoms with Gasteiger partial charge in [0.25, 0.3) is 0 Å². The Bertz CT molecular complexity index is 662. The summed E-state index contributed by atoms with van der Waals surface area (Å²) in [5, 5.41) is 0. The molecule has 2 aromatic carbocycles. The molecule has 2 heteroatoms. The number of ether oxygens (including phenoxy) is 1. The molecule has 0 radical (unpaired) electrons. The van der Waals surface area contributed by atoms with Crippen LogP contribution in [0.25, 0.3) is 0 Å². The number of hydrogen-bond donors (Lipinski definition) is 0. The Labute approximate surface area is 124 Å². The third-order valence-corrected chi connectivity index (χ3v) is 4.99. The van der Waals surface area contributed by atoms with E-state index in [0.29, 0.717) is 11.8 Å². The predicted octanol–water partition coefficient (Wildman–Crippen LogP) is 5.15. The monoisotopic (exact) mass is 282 g/mol. The molecule has 0 amide bonds. The largest absolute Gasteiger partial charge is 0.485 e. The minimum Gasteiger partial charge on any atom is -0.485 e. The molecule has 0 N–H and O–H groups in total. The van der Waals surface area contributed by atoms with Gasteiger partial charge in [0, 0.05) is 11.5 Å². The van der Waals surface area contributed by atoms with Crippen LogP contribution in [-0.2, 0) is 0 Å². The van der Waals surface area contributed by atoms with Crippen LogP contribution < -0.4 is 4.74 Å². The summed E-state index contributed by atoms with van der Waals surface area (Å²) in [7, 11) is 0. The van der Waals surface area contributed by atoms with Crippen molar-refractivity contribution < 1.29 is 9.13 Å². The second-order valence-corrected chi connectivity index (χ2v) is 6.33. The van der Waals surface area contributed by atoms with Crippen molar-refractivity contribution >= 4 is 0 Å². The summed E-state index contributed by atoms with van der Waals surface area (Å²) in [6, 6.07) is 13.6. The van der Waals surface area contributed by atoms with Gasteiger partial charge in [-0.15, -0.1) is 0 Å². The number of hydrogen-bond acceptors (Lipinski definition) is 1. The normalized spacial score (nSPS) is 26.9. The van der Waals surface area contributed by atoms with Crippen LogP contribution in [0, 0.1) is 18.7 Å². The predicted molar refractivity (Wildman–Crippen MR) is 81.0 cm³/mol. The van der Waals surface area contributed by atoms with Gasteiger partial charge < -0.3 is 4.74 Å². The minimum atomic E-state index is -0.156. The molecule has 4 rings (SSSR count). The first-order valence-electron chi connectivity index (χ1n) is 7.75. The van der Waals surface area contributed by atoms with Crippen LogP contribution in [-0.4, -0.2) is 0 Å². The molecule has 1 aliphatic heterocycles. The van der Waals surface area contributed by atoms with Gasteiger partial charge in [0.1, 0.15) is 17.7 Å². The molecule has 0 spiro atoms. The van der Waals surface area contributed by atoms with E-state index in [9.17, 15) is 4.39 Å². The highest BCUT2D eigenvalue weighted by molar-refractivity contribution is 5.42. The number of benzene rings is 2. The summed E-state index contributed by atoms with van der Waals surface area (Å²) in [4.78, 5) is 0. The lowest BCUT2D eigenvalue weighted by Gasteiger charge is -2.36. The highest BCUT2D eigenvalue weighted by Crippen LogP contribution is 2.53. The molecule has 2 aliphatic rings. The third-order valence-electron chi connectivity index (χ3n) is 4.99. The van der Waals surface area contributed by atoms with Gasteiger partial charge in [0.15, 0.2) is 0 Å². The highest BCUT2D eigenvalue weighted by atomic mass is 19.1. The fourth-order valence-electron chi connectivity index (χ4n) is 3.95. The maximum absolute atomic E-state index is 13.6. The molecule has 1 heterocycles. The van der Waals surface area contributed by atoms with Crippen molar-refractivity contribution in [1.29, 1.82) is 0 Å². The van der Waals surface area contributed by atoms with E-state index in [-0.39, 0.29) is 11.9 Å². The molecule has 1 nitrogen and oxygen atoms in total. The van der Waals surface area contributed by atoms with Crippen LogP contribution in [0.1, 0.15) is 48.0 Å². The van der Waals surface area contributed by atoms with Crippen LogP contribution in [0.4, 0.5) is 4.39 Å². The zero-order chi connectivity index (χ0) is 14.4. The van der Waals surface area contributed by atoms with E-state index in [1.165, 1.54) is 30.0 Å². The van der Waals surface area contributed by atoms with Crippen molar-refractivity contribution in [2.45, 2.75) is 38.2 Å². The Morgan fingerprint density at radius 1 is 1.05 bits per heavy atom. The summed E-state index contributed by atoms with van der Waals surface area (Å²) in [5.41, 5.74) is 3.58. The van der Waals surface area contributed by atoms with Gasteiger partial charge >= 0.3 is 0 Å². The van der Waals surface area contributed by atoms with E-state index >= 15 is 0 Å². The van der Waals surface area contributed by atoms with Crippen LogP contribution in [0.2, 0.25) is 0 Å². The first kappa shape index (κ1) is 12.9. The van der Waals surface area contributed by atoms with Crippen molar-refractivity contribution in [3.8, 4) is 5.75 Å². The molecule has 0 unspecified atom stereocenters. The zero-order valence-electron chi connectivity index (χ0n) is 12.2. The SMILES string of the molecule is Cc1ccc([C@H]2Oc3ccc(F)cc3[C@H]3CCC[C@H]32)cc1. The van der Waals surface area contributed by atoms with Gasteiger partial charge in [-0.2, -0.15) is 0 Å². The first-order valence-corrected chi connectivity index (χ1v) is 7.75. The molecule has 2 aromatic rings. The van der Waals surface area contributed by atoms with Crippen LogP contribution in [0.15, 0.2) is 42.5 Å². The number of rotatable bonds is 1. The van der Waals surface area contributed by atoms with Crippen molar-refractivity contribution in [2.24, 2.45) is 5.92 Å². The van der Waals surface area contributed by atoms with Gasteiger partial charge in [-0.1, -0.05) is 36.2 Å². The smallest absolute Gasteiger partial charge is 0.127 e. The molecule has 21 heavy (non-hydrogen) atoms. The quantitative estimate of drug-likeness (QED) is 0.702. The van der Waals surface area contributed by atoms with E-state index in [1.807, 2.05) is 0 Å². The second-order valence-electron chi connectivity index (χ2n) is 6.33. The first-order chi connectivity index (χ1) is 10.2. The van der Waals surface area contributed by atoms with Crippen molar-refractivity contribution in [2.75, 3.05) is 0 Å². The highest BCUT2D eigenvalue weighted by Gasteiger charge is 2.41. The molecule has 108 valence electrons. The summed E-state index contributed by atoms with van der Waals surface area (Å²) < 4.78 is 19.8. The maximum atomic E-state index is 13.6. The van der Waals surface area contributed by atoms with Crippen molar-refractivity contribution in [3.05, 3.63) is 65.0 Å². The van der Waals surface area contributed by atoms with Crippen molar-refractivity contribution in [3.63, 3.8) is 0 Å². The molecular formula is C19H19FO. The summed E-state index contributed by atoms with van der Waals surface area (Å²) in [6.07, 6.45) is 3.62. The maximum Gasteiger partial charge on any atom is 0.127 e. The Morgan fingerprint density at radius 2 is 1.86 bits per heavy atom. The van der Waals surface area contributed by atoms with E-state index < -0.39 is 0 Å². The molecule has 0 saturated heterocycles. The minimum absolute atomic E-state index is 0.107. The Hall–Kier alpha value is -1.83. The Balaban J connectivity index is 1.77. The number of aryl methyl sites for hydroxylation is 1. The average Bonchev–Trinajstić information content (AvgIpc) is 2.97. The van der Waals surface area contributed by atoms with E-state index in [1.54, 1.807) is 12.1 Å². The molecule has 1 fully saturated rings. The molecular weight excluding hydrogens is 263 g/mol. The fraction of sp³-hybridized carbons (Fsp3) is 0.368. The molecule has 0 aromatic heterocycles. The van der Waals surface area contributed by atoms with Crippen LogP contribution in [0.5, 0.6) is 5.75 Å². The molecule has 1 saturated carbocycles. The summed E-state index contributed by atoms with van der Waals surface area (Å²) in [6.45, 7) is 2.10. The van der Waals surface area contributed by atoms with E-state index in [4.69, 9.17) is 4.74 Å². The summed E-state index contributed by atoms with van der Waals surface area (Å²) >= 11 is 0. The second kappa shape index (κ2) is 4.87. The third kappa shape index (κ3) is 2.14. The lowest BCUT2D eigenvalue weighted by molar-refractivity contribution is 0.104. The average molecular weight is 282 g/mol. The lowest BCUT2D eigenvalue weighted by Crippen LogP contribution is -2.26. The lowest BCUT2D eigenvalue weighted by atomic mass is 9.80. The van der Waals surface area contributed by atoms with Gasteiger partial charge in [-0.25, -0.2) is 4.39 Å². The molecule has 3 atom stereocenters. The van der Waals surface area contributed by atoms with E-state index in [2.05, 4.69) is 31.2 Å². The number of fused-ring (bicyclic) bond motifs is 3. The van der Waals surface area contributed by atoms with E-state index in [0.717, 1.165) is 17.7 Å². The summed E-state index contributed by atoms with van der Waals surface area (Å²) in [5.74, 6) is 1.62. The topological polar surface area (TPSA) is 9.23 Å². The van der Waals surface area contributed by atoms with Crippen LogP contribution >= 0.6 is 0 Å². The molecule has 1 aliphatic carbocycles. The zero-order valence-corrected chi connectivity index (χ0v) is 12.2. The number of halogens is 1. The van der Waals surface area contributed by atoms with Gasteiger partial charge in [0.2, 0.25) is 0 Å². The Morgan fingerprint density at radius 3 is 2.67 bits per heavy atom. The molecule has 0 bridgehead atoms. The van der Waals surface area contributed by atoms with Gasteiger partial charge in [-0.05, 0) is 49.4 Å². The van der Waals surface area contributed by atoms with Crippen molar-refractivity contribution in [1.82, 2.24) is 0 Å². The standard InChI is InChI=1S/C19H19FO/c1-12-5-7-13(8-6-12)19-16-4-2-3-15(16)17-11-14(20)9-10-18(17)21-19/h5-11,15-16,19H,2-4H2,1H3/t15-,16+,19+/m0/s1. The van der Waals surface area contributed by atoms with Crippen LogP contribution in [0.3, 0.4) is 0 Å². The fourth-order valence-corrected chi connectivity index (χ4v) is 3.95. The Kier molecular flexibility index (Phi) is 2.99. The van der Waals surface area contributed by atoms with Gasteiger partial charge in [0.05, 0.1) is 0 Å².